The predicted octanol–water partition coefficient (Wildman–Crippen LogP) is 5.06. The summed E-state index contributed by atoms with van der Waals surface area (Å²) in [5.41, 5.74) is 1.10. The molecule has 0 spiro atoms. The van der Waals surface area contributed by atoms with Crippen molar-refractivity contribution in [1.29, 1.82) is 0 Å². The highest BCUT2D eigenvalue weighted by atomic mass is 32.1. The van der Waals surface area contributed by atoms with Gasteiger partial charge in [0.15, 0.2) is 11.9 Å². The summed E-state index contributed by atoms with van der Waals surface area (Å²) < 4.78 is 5.67. The Morgan fingerprint density at radius 3 is 2.44 bits per heavy atom. The molecule has 1 atom stereocenters. The minimum Gasteiger partial charge on any atom is -0.454 e. The normalized spacial score (nSPS) is 22.0. The molecule has 148 valence electrons. The van der Waals surface area contributed by atoms with E-state index in [0.29, 0.717) is 22.0 Å². The molecule has 1 N–H and O–H groups in total. The first kappa shape index (κ1) is 20.1. The van der Waals surface area contributed by atoms with Crippen LogP contribution in [0.3, 0.4) is 0 Å². The third-order valence-electron chi connectivity index (χ3n) is 6.02. The Balaban J connectivity index is 1.69. The van der Waals surface area contributed by atoms with Gasteiger partial charge in [-0.1, -0.05) is 20.8 Å². The summed E-state index contributed by atoms with van der Waals surface area (Å²) in [6, 6.07) is 0. The zero-order chi connectivity index (χ0) is 19.9. The van der Waals surface area contributed by atoms with E-state index in [1.165, 1.54) is 11.3 Å². The zero-order valence-electron chi connectivity index (χ0n) is 17.1. The maximum Gasteiger partial charge on any atom is 0.309 e. The van der Waals surface area contributed by atoms with E-state index in [0.717, 1.165) is 36.1 Å². The molecule has 0 aromatic carbocycles. The predicted molar refractivity (Wildman–Crippen MR) is 109 cm³/mol. The molecule has 3 rings (SSSR count). The SMILES string of the molecule is Cc1sc2nc([C@H](C)OC(=O)C3CCC(C(C)(C)C)CC3)[nH]c(=O)c2c1C. The number of fused-ring (bicyclic) bond motifs is 1. The summed E-state index contributed by atoms with van der Waals surface area (Å²) in [6.07, 6.45) is 3.32. The summed E-state index contributed by atoms with van der Waals surface area (Å²) >= 11 is 1.50. The van der Waals surface area contributed by atoms with Gasteiger partial charge in [0.05, 0.1) is 11.3 Å². The van der Waals surface area contributed by atoms with Crippen LogP contribution < -0.4 is 5.56 Å². The standard InChI is InChI=1S/C21H30N2O3S/c1-11-13(3)27-19-16(11)18(24)22-17(23-19)12(2)26-20(25)14-7-9-15(10-8-14)21(4,5)6/h12,14-15H,7-10H2,1-6H3,(H,22,23,24)/t12-,14?,15?/m0/s1. The third-order valence-corrected chi connectivity index (χ3v) is 7.12. The molecule has 0 unspecified atom stereocenters. The van der Waals surface area contributed by atoms with E-state index in [1.54, 1.807) is 6.92 Å². The largest absolute Gasteiger partial charge is 0.454 e. The highest BCUT2D eigenvalue weighted by Gasteiger charge is 2.33. The summed E-state index contributed by atoms with van der Waals surface area (Å²) in [5.74, 6) is 0.860. The van der Waals surface area contributed by atoms with Crippen molar-refractivity contribution >= 4 is 27.5 Å². The van der Waals surface area contributed by atoms with Crippen molar-refractivity contribution in [2.45, 2.75) is 73.3 Å². The Labute approximate surface area is 164 Å². The molecule has 6 heteroatoms. The molecule has 1 aliphatic carbocycles. The first-order chi connectivity index (χ1) is 12.6. The van der Waals surface area contributed by atoms with Gasteiger partial charge in [0.2, 0.25) is 0 Å². The first-order valence-corrected chi connectivity index (χ1v) is 10.6. The van der Waals surface area contributed by atoms with E-state index >= 15 is 0 Å². The Hall–Kier alpha value is -1.69. The summed E-state index contributed by atoms with van der Waals surface area (Å²) in [7, 11) is 0. The lowest BCUT2D eigenvalue weighted by molar-refractivity contribution is -0.155. The zero-order valence-corrected chi connectivity index (χ0v) is 18.0. The fourth-order valence-corrected chi connectivity index (χ4v) is 5.02. The maximum atomic E-state index is 12.6. The second-order valence-corrected chi connectivity index (χ2v) is 10.1. The maximum absolute atomic E-state index is 12.6. The highest BCUT2D eigenvalue weighted by molar-refractivity contribution is 7.18. The van der Waals surface area contributed by atoms with Gasteiger partial charge < -0.3 is 9.72 Å². The number of nitrogens with zero attached hydrogens (tertiary/aromatic N) is 1. The van der Waals surface area contributed by atoms with Gasteiger partial charge in [0.1, 0.15) is 4.83 Å². The van der Waals surface area contributed by atoms with E-state index < -0.39 is 6.10 Å². The monoisotopic (exact) mass is 390 g/mol. The van der Waals surface area contributed by atoms with Crippen LogP contribution in [-0.2, 0) is 9.53 Å². The number of aryl methyl sites for hydroxylation is 2. The fourth-order valence-electron chi connectivity index (χ4n) is 3.99. The number of thiophene rings is 1. The summed E-state index contributed by atoms with van der Waals surface area (Å²) in [5, 5.41) is 0.639. The molecule has 2 heterocycles. The number of nitrogens with one attached hydrogen (secondary N) is 1. The van der Waals surface area contributed by atoms with Crippen molar-refractivity contribution < 1.29 is 9.53 Å². The van der Waals surface area contributed by atoms with Crippen LogP contribution in [0.15, 0.2) is 4.79 Å². The van der Waals surface area contributed by atoms with Gasteiger partial charge in [-0.2, -0.15) is 0 Å². The quantitative estimate of drug-likeness (QED) is 0.744. The van der Waals surface area contributed by atoms with Crippen LogP contribution in [0.25, 0.3) is 10.2 Å². The minimum atomic E-state index is -0.558. The van der Waals surface area contributed by atoms with E-state index in [-0.39, 0.29) is 22.9 Å². The van der Waals surface area contributed by atoms with Crippen molar-refractivity contribution in [3.8, 4) is 0 Å². The van der Waals surface area contributed by atoms with Gasteiger partial charge in [-0.25, -0.2) is 4.98 Å². The Bertz CT molecular complexity index is 899. The molecule has 1 aliphatic rings. The number of carbonyl (C=O) groups excluding carboxylic acids is 1. The fraction of sp³-hybridized carbons (Fsp3) is 0.667. The van der Waals surface area contributed by atoms with Crippen molar-refractivity contribution in [1.82, 2.24) is 9.97 Å². The number of aromatic nitrogens is 2. The molecule has 27 heavy (non-hydrogen) atoms. The van der Waals surface area contributed by atoms with Crippen molar-refractivity contribution in [3.05, 3.63) is 26.6 Å². The van der Waals surface area contributed by atoms with Crippen LogP contribution in [0, 0.1) is 31.1 Å². The third kappa shape index (κ3) is 4.10. The molecule has 0 radical (unpaired) electrons. The number of ether oxygens (including phenoxy) is 1. The lowest BCUT2D eigenvalue weighted by Crippen LogP contribution is -2.30. The number of hydrogen-bond donors (Lipinski definition) is 1. The van der Waals surface area contributed by atoms with Gasteiger partial charge in [-0.05, 0) is 63.4 Å². The topological polar surface area (TPSA) is 72.0 Å². The number of H-pyrrole nitrogens is 1. The van der Waals surface area contributed by atoms with E-state index in [1.807, 2.05) is 13.8 Å². The van der Waals surface area contributed by atoms with Crippen molar-refractivity contribution in [3.63, 3.8) is 0 Å². The van der Waals surface area contributed by atoms with Crippen LogP contribution in [-0.4, -0.2) is 15.9 Å². The van der Waals surface area contributed by atoms with Crippen molar-refractivity contribution in [2.75, 3.05) is 0 Å². The number of hydrogen-bond acceptors (Lipinski definition) is 5. The Morgan fingerprint density at radius 1 is 1.22 bits per heavy atom. The number of esters is 1. The molecule has 0 amide bonds. The molecule has 0 aliphatic heterocycles. The summed E-state index contributed by atoms with van der Waals surface area (Å²) in [4.78, 5) is 34.2. The molecular formula is C21H30N2O3S. The average molecular weight is 391 g/mol. The molecule has 2 aromatic heterocycles. The average Bonchev–Trinajstić information content (AvgIpc) is 2.88. The van der Waals surface area contributed by atoms with Gasteiger partial charge >= 0.3 is 5.97 Å². The first-order valence-electron chi connectivity index (χ1n) is 9.78. The summed E-state index contributed by atoms with van der Waals surface area (Å²) in [6.45, 7) is 12.5. The molecule has 2 aromatic rings. The molecule has 0 saturated heterocycles. The molecule has 1 saturated carbocycles. The van der Waals surface area contributed by atoms with Crippen molar-refractivity contribution in [2.24, 2.45) is 17.3 Å². The molecule has 5 nitrogen and oxygen atoms in total. The second-order valence-electron chi connectivity index (χ2n) is 8.91. The Kier molecular flexibility index (Phi) is 5.48. The van der Waals surface area contributed by atoms with Gasteiger partial charge in [-0.15, -0.1) is 11.3 Å². The highest BCUT2D eigenvalue weighted by Crippen LogP contribution is 2.40. The van der Waals surface area contributed by atoms with Crippen LogP contribution in [0.5, 0.6) is 0 Å². The van der Waals surface area contributed by atoms with Gasteiger partial charge in [0, 0.05) is 4.88 Å². The van der Waals surface area contributed by atoms with Crippen LogP contribution in [0.4, 0.5) is 0 Å². The van der Waals surface area contributed by atoms with Gasteiger partial charge in [-0.3, -0.25) is 9.59 Å². The van der Waals surface area contributed by atoms with E-state index in [4.69, 9.17) is 4.74 Å². The number of carbonyl (C=O) groups is 1. The number of aromatic amines is 1. The lowest BCUT2D eigenvalue weighted by atomic mass is 9.70. The molecular weight excluding hydrogens is 360 g/mol. The second kappa shape index (κ2) is 7.38. The Morgan fingerprint density at radius 2 is 1.85 bits per heavy atom. The van der Waals surface area contributed by atoms with E-state index in [2.05, 4.69) is 30.7 Å². The molecule has 1 fully saturated rings. The lowest BCUT2D eigenvalue weighted by Gasteiger charge is -2.36. The smallest absolute Gasteiger partial charge is 0.309 e. The van der Waals surface area contributed by atoms with Crippen LogP contribution >= 0.6 is 11.3 Å². The van der Waals surface area contributed by atoms with Gasteiger partial charge in [0.25, 0.3) is 5.56 Å². The van der Waals surface area contributed by atoms with Crippen LogP contribution in [0.2, 0.25) is 0 Å². The van der Waals surface area contributed by atoms with Crippen LogP contribution in [0.1, 0.15) is 75.7 Å². The number of rotatable bonds is 3. The molecule has 0 bridgehead atoms. The van der Waals surface area contributed by atoms with E-state index in [9.17, 15) is 9.59 Å². The minimum absolute atomic E-state index is 0.0484.